The van der Waals surface area contributed by atoms with Crippen molar-refractivity contribution in [2.75, 3.05) is 37.6 Å². The van der Waals surface area contributed by atoms with Gasteiger partial charge in [-0.1, -0.05) is 29.8 Å². The number of aromatic nitrogens is 2. The lowest BCUT2D eigenvalue weighted by Crippen LogP contribution is -2.50. The molecule has 3 aromatic rings. The summed E-state index contributed by atoms with van der Waals surface area (Å²) in [7, 11) is 0. The van der Waals surface area contributed by atoms with Crippen LogP contribution in [0.4, 0.5) is 5.69 Å². The normalized spacial score (nSPS) is 19.4. The van der Waals surface area contributed by atoms with E-state index in [1.807, 2.05) is 54.3 Å². The Hall–Kier alpha value is -3.52. The van der Waals surface area contributed by atoms with Gasteiger partial charge in [0.2, 0.25) is 11.8 Å². The number of rotatable bonds is 4. The molecule has 8 nitrogen and oxygen atoms in total. The van der Waals surface area contributed by atoms with E-state index in [1.54, 1.807) is 11.0 Å². The highest BCUT2D eigenvalue weighted by atomic mass is 16.2. The lowest BCUT2D eigenvalue weighted by molar-refractivity contribution is -0.137. The molecule has 0 saturated carbocycles. The van der Waals surface area contributed by atoms with Crippen molar-refractivity contribution in [3.05, 3.63) is 70.3 Å². The van der Waals surface area contributed by atoms with Gasteiger partial charge in [-0.25, -0.2) is 4.98 Å². The molecule has 1 atom stereocenters. The third-order valence-electron chi connectivity index (χ3n) is 6.54. The number of hydrogen-bond acceptors (Lipinski definition) is 5. The van der Waals surface area contributed by atoms with Gasteiger partial charge in [0.15, 0.2) is 0 Å². The number of hydrogen-bond donors (Lipinski definition) is 1. The number of carbonyl (C=O) groups is 2. The SMILES string of the molecule is Cc1ccc(N2C[C@@H](C(=O)N3CCN(Cc4nc5ccccc5c(=O)[nH]4)CC3)CC2=O)cc1. The molecule has 3 heterocycles. The molecule has 0 aliphatic carbocycles. The largest absolute Gasteiger partial charge is 0.340 e. The fourth-order valence-corrected chi connectivity index (χ4v) is 4.65. The molecule has 2 fully saturated rings. The van der Waals surface area contributed by atoms with Crippen LogP contribution >= 0.6 is 0 Å². The second-order valence-electron chi connectivity index (χ2n) is 8.87. The van der Waals surface area contributed by atoms with Crippen LogP contribution < -0.4 is 10.5 Å². The molecule has 0 unspecified atom stereocenters. The molecule has 2 saturated heterocycles. The topological polar surface area (TPSA) is 89.6 Å². The van der Waals surface area contributed by atoms with E-state index in [-0.39, 0.29) is 29.7 Å². The van der Waals surface area contributed by atoms with Crippen LogP contribution in [0, 0.1) is 12.8 Å². The number of carbonyl (C=O) groups excluding carboxylic acids is 2. The number of nitrogens with one attached hydrogen (secondary N) is 1. The van der Waals surface area contributed by atoms with Crippen molar-refractivity contribution in [1.29, 1.82) is 0 Å². The third kappa shape index (κ3) is 4.39. The first-order chi connectivity index (χ1) is 16.0. The van der Waals surface area contributed by atoms with Gasteiger partial charge in [0.1, 0.15) is 5.82 Å². The lowest BCUT2D eigenvalue weighted by Gasteiger charge is -2.35. The molecule has 0 bridgehead atoms. The lowest BCUT2D eigenvalue weighted by atomic mass is 10.1. The smallest absolute Gasteiger partial charge is 0.258 e. The number of piperazine rings is 1. The second-order valence-corrected chi connectivity index (χ2v) is 8.87. The van der Waals surface area contributed by atoms with Crippen LogP contribution in [0.1, 0.15) is 17.8 Å². The van der Waals surface area contributed by atoms with Gasteiger partial charge in [-0.3, -0.25) is 19.3 Å². The first-order valence-corrected chi connectivity index (χ1v) is 11.3. The zero-order valence-electron chi connectivity index (χ0n) is 18.7. The number of anilines is 1. The van der Waals surface area contributed by atoms with Gasteiger partial charge in [0.05, 0.1) is 23.4 Å². The Morgan fingerprint density at radius 1 is 1.03 bits per heavy atom. The molecule has 5 rings (SSSR count). The Morgan fingerprint density at radius 2 is 1.76 bits per heavy atom. The zero-order valence-corrected chi connectivity index (χ0v) is 18.7. The van der Waals surface area contributed by atoms with Crippen molar-refractivity contribution in [1.82, 2.24) is 19.8 Å². The molecule has 170 valence electrons. The van der Waals surface area contributed by atoms with Crippen molar-refractivity contribution in [3.8, 4) is 0 Å². The fourth-order valence-electron chi connectivity index (χ4n) is 4.65. The third-order valence-corrected chi connectivity index (χ3v) is 6.54. The molecule has 2 aliphatic rings. The van der Waals surface area contributed by atoms with Crippen LogP contribution in [-0.4, -0.2) is 64.3 Å². The molecule has 8 heteroatoms. The highest BCUT2D eigenvalue weighted by Gasteiger charge is 2.37. The molecule has 0 radical (unpaired) electrons. The van der Waals surface area contributed by atoms with E-state index >= 15 is 0 Å². The van der Waals surface area contributed by atoms with Crippen molar-refractivity contribution in [2.45, 2.75) is 19.9 Å². The van der Waals surface area contributed by atoms with E-state index in [9.17, 15) is 14.4 Å². The number of benzene rings is 2. The molecule has 2 aliphatic heterocycles. The van der Waals surface area contributed by atoms with Gasteiger partial charge in [-0.15, -0.1) is 0 Å². The summed E-state index contributed by atoms with van der Waals surface area (Å²) in [5.74, 6) is 0.384. The number of para-hydroxylation sites is 1. The van der Waals surface area contributed by atoms with Crippen molar-refractivity contribution in [2.24, 2.45) is 5.92 Å². The van der Waals surface area contributed by atoms with Gasteiger partial charge in [-0.2, -0.15) is 0 Å². The number of amides is 2. The number of nitrogens with zero attached hydrogens (tertiary/aromatic N) is 4. The van der Waals surface area contributed by atoms with Crippen LogP contribution in [0.5, 0.6) is 0 Å². The van der Waals surface area contributed by atoms with E-state index in [2.05, 4.69) is 14.9 Å². The minimum absolute atomic E-state index is 0.00201. The summed E-state index contributed by atoms with van der Waals surface area (Å²) in [5, 5.41) is 0.586. The summed E-state index contributed by atoms with van der Waals surface area (Å²) in [6.45, 7) is 5.58. The molecular weight excluding hydrogens is 418 g/mol. The molecule has 2 aromatic carbocycles. The van der Waals surface area contributed by atoms with Crippen molar-refractivity contribution in [3.63, 3.8) is 0 Å². The molecule has 2 amide bonds. The summed E-state index contributed by atoms with van der Waals surface area (Å²) in [6.07, 6.45) is 0.259. The van der Waals surface area contributed by atoms with E-state index in [0.717, 1.165) is 11.3 Å². The quantitative estimate of drug-likeness (QED) is 0.663. The number of fused-ring (bicyclic) bond motifs is 1. The average Bonchev–Trinajstić information content (AvgIpc) is 3.21. The van der Waals surface area contributed by atoms with Crippen LogP contribution in [-0.2, 0) is 16.1 Å². The summed E-state index contributed by atoms with van der Waals surface area (Å²) < 4.78 is 0. The van der Waals surface area contributed by atoms with Gasteiger partial charge in [0, 0.05) is 44.8 Å². The van der Waals surface area contributed by atoms with Gasteiger partial charge in [-0.05, 0) is 31.2 Å². The fraction of sp³-hybridized carbons (Fsp3) is 0.360. The van der Waals surface area contributed by atoms with E-state index in [4.69, 9.17) is 0 Å². The van der Waals surface area contributed by atoms with Crippen LogP contribution in [0.2, 0.25) is 0 Å². The minimum Gasteiger partial charge on any atom is -0.340 e. The van der Waals surface area contributed by atoms with Crippen LogP contribution in [0.3, 0.4) is 0 Å². The van der Waals surface area contributed by atoms with Gasteiger partial charge < -0.3 is 14.8 Å². The van der Waals surface area contributed by atoms with E-state index in [0.29, 0.717) is 56.0 Å². The molecular formula is C25H27N5O3. The predicted octanol–water partition coefficient (Wildman–Crippen LogP) is 1.93. The molecule has 1 aromatic heterocycles. The van der Waals surface area contributed by atoms with Gasteiger partial charge in [0.25, 0.3) is 5.56 Å². The summed E-state index contributed by atoms with van der Waals surface area (Å²) in [5.41, 5.74) is 2.55. The zero-order chi connectivity index (χ0) is 22.9. The van der Waals surface area contributed by atoms with Crippen molar-refractivity contribution >= 4 is 28.4 Å². The minimum atomic E-state index is -0.302. The standard InChI is InChI=1S/C25H27N5O3/c1-17-6-8-19(9-7-17)30-15-18(14-23(30)31)25(33)29-12-10-28(11-13-29)16-22-26-21-5-3-2-4-20(21)24(32)27-22/h2-9,18H,10-16H2,1H3,(H,26,27,32)/t18-/m0/s1. The highest BCUT2D eigenvalue weighted by Crippen LogP contribution is 2.27. The Bertz CT molecular complexity index is 1240. The maximum absolute atomic E-state index is 13.1. The van der Waals surface area contributed by atoms with Crippen LogP contribution in [0.25, 0.3) is 10.9 Å². The van der Waals surface area contributed by atoms with Crippen LogP contribution in [0.15, 0.2) is 53.3 Å². The Balaban J connectivity index is 1.18. The summed E-state index contributed by atoms with van der Waals surface area (Å²) in [6, 6.07) is 15.1. The number of H-pyrrole nitrogens is 1. The molecule has 0 spiro atoms. The summed E-state index contributed by atoms with van der Waals surface area (Å²) >= 11 is 0. The summed E-state index contributed by atoms with van der Waals surface area (Å²) in [4.78, 5) is 51.2. The molecule has 33 heavy (non-hydrogen) atoms. The average molecular weight is 446 g/mol. The maximum atomic E-state index is 13.1. The number of aromatic amines is 1. The maximum Gasteiger partial charge on any atom is 0.258 e. The highest BCUT2D eigenvalue weighted by molar-refractivity contribution is 6.00. The second kappa shape index (κ2) is 8.78. The Kier molecular flexibility index (Phi) is 5.68. The van der Waals surface area contributed by atoms with E-state index in [1.165, 1.54) is 0 Å². The van der Waals surface area contributed by atoms with Crippen molar-refractivity contribution < 1.29 is 9.59 Å². The number of aryl methyl sites for hydroxylation is 1. The predicted molar refractivity (Wildman–Crippen MR) is 126 cm³/mol. The first-order valence-electron chi connectivity index (χ1n) is 11.3. The Morgan fingerprint density at radius 3 is 2.52 bits per heavy atom. The molecule has 1 N–H and O–H groups in total. The Labute approximate surface area is 191 Å². The first kappa shape index (κ1) is 21.3. The van der Waals surface area contributed by atoms with E-state index < -0.39 is 0 Å². The monoisotopic (exact) mass is 445 g/mol. The van der Waals surface area contributed by atoms with Gasteiger partial charge >= 0.3 is 0 Å².